The molecule has 12 N–H and O–H groups in total. The Kier molecular flexibility index (Phi) is 22.0. The Morgan fingerprint density at radius 3 is 1.61 bits per heavy atom. The van der Waals surface area contributed by atoms with Gasteiger partial charge >= 0.3 is 0 Å². The molecule has 3 aromatic rings. The third-order valence-electron chi connectivity index (χ3n) is 13.3. The monoisotopic (exact) mass is 1060 g/mol. The minimum absolute atomic E-state index is 0.0378. The average molecular weight is 1060 g/mol. The van der Waals surface area contributed by atoms with Crippen LogP contribution in [0.4, 0.5) is 0 Å². The van der Waals surface area contributed by atoms with Gasteiger partial charge in [0.25, 0.3) is 11.8 Å². The average Bonchev–Trinajstić information content (AvgIpc) is 4.03. The van der Waals surface area contributed by atoms with Crippen LogP contribution >= 0.6 is 0 Å². The fraction of sp³-hybridized carbons (Fsp3) is 0.519. The molecular formula is C54H78N10O12. The molecule has 0 saturated carbocycles. The Labute approximate surface area is 444 Å². The minimum Gasteiger partial charge on any atom is -0.504 e. The van der Waals surface area contributed by atoms with Gasteiger partial charge in [0.2, 0.25) is 35.9 Å². The standard InChI is InChI=1S/C45H67N9O9.C9H11NO3/c1-25(46-9)37(57)51-35(44(3,4)5)42(62)53-19-17-30(23-53)49-39(59)28-12-11-13-29(21-28)40(60)50-31-22-32(41(61)48-18-16-27-14-15-33(55)34(56)20-27)54(24-31)43(63)36(45(6,7)8)52-38(58)26(2)47-10;11-6-10-4-3-7-1-2-8(12)9(13)5-7/h11-15,20-21,25-26,30-32,35-36,46-47,55-56H,16-19,22-24H2,1-10H3,(H,48,61)(H,49,59)(H,50,60)(H,51,57)(H,52,58);1-2,5-6,12-13H,3-4H2,(H,10,11)/t25-,26?,30-,31?,32?,35?,36+;/m0./s1. The lowest BCUT2D eigenvalue weighted by Gasteiger charge is -2.36. The van der Waals surface area contributed by atoms with E-state index in [0.29, 0.717) is 44.3 Å². The molecule has 22 nitrogen and oxygen atoms in total. The van der Waals surface area contributed by atoms with Crippen LogP contribution in [0.15, 0.2) is 60.7 Å². The number of rotatable bonds is 20. The fourth-order valence-electron chi connectivity index (χ4n) is 8.46. The summed E-state index contributed by atoms with van der Waals surface area (Å²) in [6.45, 7) is 15.7. The molecule has 0 spiro atoms. The molecule has 76 heavy (non-hydrogen) atoms. The normalized spacial score (nSPS) is 17.9. The van der Waals surface area contributed by atoms with Crippen molar-refractivity contribution in [2.75, 3.05) is 46.8 Å². The summed E-state index contributed by atoms with van der Waals surface area (Å²) >= 11 is 0. The number of nitrogens with one attached hydrogen (secondary N) is 8. The van der Waals surface area contributed by atoms with Gasteiger partial charge in [0.15, 0.2) is 23.0 Å². The van der Waals surface area contributed by atoms with Crippen molar-refractivity contribution in [2.45, 2.75) is 123 Å². The van der Waals surface area contributed by atoms with Gasteiger partial charge in [-0.1, -0.05) is 59.7 Å². The van der Waals surface area contributed by atoms with Gasteiger partial charge in [0.05, 0.1) is 12.1 Å². The molecule has 0 aromatic heterocycles. The van der Waals surface area contributed by atoms with Crippen molar-refractivity contribution in [1.29, 1.82) is 0 Å². The zero-order valence-electron chi connectivity index (χ0n) is 45.2. The van der Waals surface area contributed by atoms with E-state index in [1.54, 1.807) is 83.9 Å². The third kappa shape index (κ3) is 17.3. The number of carbonyl (C=O) groups excluding carboxylic acids is 8. The van der Waals surface area contributed by atoms with Gasteiger partial charge in [0, 0.05) is 55.9 Å². The van der Waals surface area contributed by atoms with Crippen LogP contribution in [0.1, 0.15) is 100 Å². The van der Waals surface area contributed by atoms with Gasteiger partial charge in [-0.25, -0.2) is 0 Å². The van der Waals surface area contributed by atoms with Gasteiger partial charge in [-0.3, -0.25) is 38.4 Å². The van der Waals surface area contributed by atoms with Crippen molar-refractivity contribution in [3.8, 4) is 23.0 Å². The molecule has 2 aliphatic heterocycles. The van der Waals surface area contributed by atoms with E-state index >= 15 is 0 Å². The van der Waals surface area contributed by atoms with Crippen LogP contribution in [0.2, 0.25) is 0 Å². The molecule has 2 heterocycles. The SMILES string of the molecule is CNC(C)C(=O)N[C@H](C(=O)N1CC(NC(=O)c2cccc(C(=O)N[C@H]3CCN(C(=O)C(NC(=O)[C@H](C)NC)C(C)(C)C)C3)c2)CC1C(=O)NCCc1ccc(O)c(O)c1)C(C)(C)C.O=CNCCc1ccc(O)c(O)c1. The molecule has 2 saturated heterocycles. The summed E-state index contributed by atoms with van der Waals surface area (Å²) in [4.78, 5) is 108. The maximum atomic E-state index is 14.4. The van der Waals surface area contributed by atoms with Gasteiger partial charge in [0.1, 0.15) is 18.1 Å². The second-order valence-electron chi connectivity index (χ2n) is 21.4. The van der Waals surface area contributed by atoms with E-state index in [-0.39, 0.29) is 78.0 Å². The van der Waals surface area contributed by atoms with E-state index in [1.165, 1.54) is 35.2 Å². The first-order valence-electron chi connectivity index (χ1n) is 25.4. The van der Waals surface area contributed by atoms with Crippen LogP contribution < -0.4 is 42.5 Å². The highest BCUT2D eigenvalue weighted by Gasteiger charge is 2.46. The van der Waals surface area contributed by atoms with Gasteiger partial charge in [-0.05, 0) is 118 Å². The summed E-state index contributed by atoms with van der Waals surface area (Å²) in [5, 5.41) is 60.4. The molecule has 0 radical (unpaired) electrons. The zero-order valence-corrected chi connectivity index (χ0v) is 45.2. The summed E-state index contributed by atoms with van der Waals surface area (Å²) in [6.07, 6.45) is 2.13. The van der Waals surface area contributed by atoms with Crippen LogP contribution in [-0.2, 0) is 41.6 Å². The number of amides is 8. The van der Waals surface area contributed by atoms with E-state index < -0.39 is 76.6 Å². The topological polar surface area (TPSA) is 320 Å². The Morgan fingerprint density at radius 2 is 1.13 bits per heavy atom. The maximum absolute atomic E-state index is 14.4. The highest BCUT2D eigenvalue weighted by molar-refractivity contribution is 6.00. The lowest BCUT2D eigenvalue weighted by molar-refractivity contribution is -0.144. The van der Waals surface area contributed by atoms with E-state index in [9.17, 15) is 48.6 Å². The van der Waals surface area contributed by atoms with Crippen LogP contribution in [0, 0.1) is 10.8 Å². The number of nitrogens with zero attached hydrogens (tertiary/aromatic N) is 2. The zero-order chi connectivity index (χ0) is 56.7. The minimum atomic E-state index is -1.02. The Morgan fingerprint density at radius 1 is 0.645 bits per heavy atom. The largest absolute Gasteiger partial charge is 0.504 e. The van der Waals surface area contributed by atoms with Gasteiger partial charge in [-0.15, -0.1) is 0 Å². The summed E-state index contributed by atoms with van der Waals surface area (Å²) in [5.74, 6) is -3.69. The predicted octanol–water partition coefficient (Wildman–Crippen LogP) is 1.15. The number of aromatic hydroxyl groups is 4. The molecule has 5 rings (SSSR count). The number of carbonyl (C=O) groups is 8. The first kappa shape index (κ1) is 61.1. The van der Waals surface area contributed by atoms with E-state index in [0.717, 1.165) is 5.56 Å². The molecule has 2 aliphatic rings. The maximum Gasteiger partial charge on any atom is 0.251 e. The quantitative estimate of drug-likeness (QED) is 0.0430. The van der Waals surface area contributed by atoms with Gasteiger partial charge < -0.3 is 72.8 Å². The number of likely N-dealkylation sites (N-methyl/N-ethyl adjacent to an activating group) is 2. The molecule has 4 unspecified atom stereocenters. The number of phenolic OH excluding ortho intramolecular Hbond substituents is 4. The second kappa shape index (κ2) is 27.4. The first-order chi connectivity index (χ1) is 35.7. The van der Waals surface area contributed by atoms with E-state index in [1.807, 2.05) is 20.8 Å². The number of hydrogen-bond donors (Lipinski definition) is 12. The van der Waals surface area contributed by atoms with Gasteiger partial charge in [-0.2, -0.15) is 0 Å². The van der Waals surface area contributed by atoms with Crippen LogP contribution in [0.25, 0.3) is 0 Å². The highest BCUT2D eigenvalue weighted by Crippen LogP contribution is 2.29. The summed E-state index contributed by atoms with van der Waals surface area (Å²) in [6, 6.07) is 10.2. The number of phenols is 4. The van der Waals surface area contributed by atoms with Crippen molar-refractivity contribution >= 4 is 47.8 Å². The van der Waals surface area contributed by atoms with Crippen molar-refractivity contribution in [3.63, 3.8) is 0 Å². The molecule has 22 heteroatoms. The Bertz CT molecular complexity index is 2550. The van der Waals surface area contributed by atoms with Crippen LogP contribution in [-0.4, -0.2) is 167 Å². The van der Waals surface area contributed by atoms with Crippen LogP contribution in [0.5, 0.6) is 23.0 Å². The molecule has 8 amide bonds. The molecular weight excluding hydrogens is 981 g/mol. The van der Waals surface area contributed by atoms with Crippen molar-refractivity contribution in [3.05, 3.63) is 82.9 Å². The van der Waals surface area contributed by atoms with Crippen molar-refractivity contribution in [2.24, 2.45) is 10.8 Å². The van der Waals surface area contributed by atoms with E-state index in [4.69, 9.17) is 10.2 Å². The molecule has 416 valence electrons. The molecule has 0 bridgehead atoms. The van der Waals surface area contributed by atoms with Crippen molar-refractivity contribution in [1.82, 2.24) is 52.3 Å². The van der Waals surface area contributed by atoms with Crippen LogP contribution in [0.3, 0.4) is 0 Å². The third-order valence-corrected chi connectivity index (χ3v) is 13.3. The smallest absolute Gasteiger partial charge is 0.251 e. The molecule has 3 aromatic carbocycles. The Balaban J connectivity index is 0.000000835. The fourth-order valence-corrected chi connectivity index (χ4v) is 8.46. The van der Waals surface area contributed by atoms with E-state index in [2.05, 4.69) is 42.5 Å². The number of benzene rings is 3. The predicted molar refractivity (Wildman–Crippen MR) is 284 cm³/mol. The summed E-state index contributed by atoms with van der Waals surface area (Å²) in [7, 11) is 3.29. The highest BCUT2D eigenvalue weighted by atomic mass is 16.3. The summed E-state index contributed by atoms with van der Waals surface area (Å²) < 4.78 is 0. The molecule has 7 atom stereocenters. The second-order valence-corrected chi connectivity index (χ2v) is 21.4. The molecule has 0 aliphatic carbocycles. The first-order valence-corrected chi connectivity index (χ1v) is 25.4. The lowest BCUT2D eigenvalue weighted by atomic mass is 9.85. The number of likely N-dealkylation sites (tertiary alicyclic amines) is 2. The lowest BCUT2D eigenvalue weighted by Crippen LogP contribution is -2.59. The molecule has 2 fully saturated rings. The summed E-state index contributed by atoms with van der Waals surface area (Å²) in [5.41, 5.74) is 0.594. The van der Waals surface area contributed by atoms with Crippen molar-refractivity contribution < 1.29 is 58.8 Å². The Hall–Kier alpha value is -7.46. The number of hydrogen-bond acceptors (Lipinski definition) is 14.